The Morgan fingerprint density at radius 3 is 3.00 bits per heavy atom. The number of nitrogens with zero attached hydrogens (tertiary/aromatic N) is 1. The molecular formula is C13H19ClN2O. The van der Waals surface area contributed by atoms with Crippen LogP contribution in [0.3, 0.4) is 0 Å². The van der Waals surface area contributed by atoms with E-state index in [1.54, 1.807) is 6.20 Å². The summed E-state index contributed by atoms with van der Waals surface area (Å²) < 4.78 is 5.87. The molecule has 2 rings (SSSR count). The number of nitrogens with two attached hydrogens (primary N) is 1. The fourth-order valence-electron chi connectivity index (χ4n) is 2.31. The van der Waals surface area contributed by atoms with Gasteiger partial charge in [0.15, 0.2) is 0 Å². The lowest BCUT2D eigenvalue weighted by Gasteiger charge is -2.27. The molecule has 1 heterocycles. The van der Waals surface area contributed by atoms with E-state index < -0.39 is 0 Å². The highest BCUT2D eigenvalue weighted by Crippen LogP contribution is 2.29. The third-order valence-electron chi connectivity index (χ3n) is 3.27. The average Bonchev–Trinajstić information content (AvgIpc) is 2.32. The first kappa shape index (κ1) is 12.7. The highest BCUT2D eigenvalue weighted by Gasteiger charge is 2.21. The van der Waals surface area contributed by atoms with E-state index >= 15 is 0 Å². The molecule has 1 fully saturated rings. The Morgan fingerprint density at radius 1 is 1.53 bits per heavy atom. The van der Waals surface area contributed by atoms with Gasteiger partial charge >= 0.3 is 0 Å². The predicted octanol–water partition coefficient (Wildman–Crippen LogP) is 3.15. The molecule has 0 amide bonds. The molecule has 1 saturated carbocycles. The number of pyridine rings is 1. The first-order valence-corrected chi connectivity index (χ1v) is 6.58. The minimum Gasteiger partial charge on any atom is -0.473 e. The van der Waals surface area contributed by atoms with Gasteiger partial charge in [-0.25, -0.2) is 4.98 Å². The fraction of sp³-hybridized carbons (Fsp3) is 0.615. The maximum absolute atomic E-state index is 6.12. The number of hydrogen-bond donors (Lipinski definition) is 1. The van der Waals surface area contributed by atoms with E-state index in [4.69, 9.17) is 22.1 Å². The van der Waals surface area contributed by atoms with Crippen molar-refractivity contribution >= 4 is 11.6 Å². The molecule has 0 bridgehead atoms. The van der Waals surface area contributed by atoms with E-state index in [0.29, 0.717) is 17.4 Å². The lowest BCUT2D eigenvalue weighted by atomic mass is 9.89. The van der Waals surface area contributed by atoms with Crippen molar-refractivity contribution in [1.82, 2.24) is 4.98 Å². The van der Waals surface area contributed by atoms with Crippen molar-refractivity contribution in [1.29, 1.82) is 0 Å². The molecule has 3 nitrogen and oxygen atoms in total. The predicted molar refractivity (Wildman–Crippen MR) is 69.2 cm³/mol. The third kappa shape index (κ3) is 3.33. The molecule has 17 heavy (non-hydrogen) atoms. The molecule has 2 N–H and O–H groups in total. The van der Waals surface area contributed by atoms with E-state index in [0.717, 1.165) is 24.3 Å². The highest BCUT2D eigenvalue weighted by atomic mass is 35.5. The van der Waals surface area contributed by atoms with Crippen LogP contribution in [0.5, 0.6) is 5.88 Å². The SMILES string of the molecule is CC1CCCC(Oc2ncc(CN)cc2Cl)C1. The van der Waals surface area contributed by atoms with Crippen molar-refractivity contribution < 1.29 is 4.74 Å². The fourth-order valence-corrected chi connectivity index (χ4v) is 2.54. The first-order chi connectivity index (χ1) is 8.19. The Morgan fingerprint density at radius 2 is 2.35 bits per heavy atom. The zero-order chi connectivity index (χ0) is 12.3. The molecule has 2 atom stereocenters. The van der Waals surface area contributed by atoms with Crippen LogP contribution in [0.15, 0.2) is 12.3 Å². The molecule has 1 aliphatic rings. The molecular weight excluding hydrogens is 236 g/mol. The largest absolute Gasteiger partial charge is 0.473 e. The van der Waals surface area contributed by atoms with Gasteiger partial charge in [0.1, 0.15) is 11.1 Å². The van der Waals surface area contributed by atoms with Gasteiger partial charge in [0, 0.05) is 12.7 Å². The number of ether oxygens (including phenoxy) is 1. The maximum atomic E-state index is 6.12. The van der Waals surface area contributed by atoms with E-state index in [2.05, 4.69) is 11.9 Å². The molecule has 0 spiro atoms. The zero-order valence-electron chi connectivity index (χ0n) is 10.2. The van der Waals surface area contributed by atoms with Gasteiger partial charge in [-0.3, -0.25) is 0 Å². The second kappa shape index (κ2) is 5.69. The molecule has 2 unspecified atom stereocenters. The van der Waals surface area contributed by atoms with Crippen LogP contribution in [0.4, 0.5) is 0 Å². The van der Waals surface area contributed by atoms with E-state index in [1.165, 1.54) is 12.8 Å². The van der Waals surface area contributed by atoms with Crippen LogP contribution >= 0.6 is 11.6 Å². The quantitative estimate of drug-likeness (QED) is 0.902. The van der Waals surface area contributed by atoms with Gasteiger partial charge in [-0.15, -0.1) is 0 Å². The molecule has 4 heteroatoms. The van der Waals surface area contributed by atoms with Crippen molar-refractivity contribution in [2.24, 2.45) is 11.7 Å². The second-order valence-corrected chi connectivity index (χ2v) is 5.25. The van der Waals surface area contributed by atoms with Crippen LogP contribution in [-0.2, 0) is 6.54 Å². The lowest BCUT2D eigenvalue weighted by Crippen LogP contribution is -2.24. The maximum Gasteiger partial charge on any atom is 0.232 e. The van der Waals surface area contributed by atoms with Gasteiger partial charge in [-0.1, -0.05) is 24.9 Å². The molecule has 0 aliphatic heterocycles. The third-order valence-corrected chi connectivity index (χ3v) is 3.54. The summed E-state index contributed by atoms with van der Waals surface area (Å²) >= 11 is 6.12. The van der Waals surface area contributed by atoms with Crippen molar-refractivity contribution in [3.05, 3.63) is 22.8 Å². The summed E-state index contributed by atoms with van der Waals surface area (Å²) in [6.45, 7) is 2.72. The number of hydrogen-bond acceptors (Lipinski definition) is 3. The Labute approximate surface area is 107 Å². The second-order valence-electron chi connectivity index (χ2n) is 4.85. The summed E-state index contributed by atoms with van der Waals surface area (Å²) in [6.07, 6.45) is 6.70. The van der Waals surface area contributed by atoms with Crippen molar-refractivity contribution in [2.75, 3.05) is 0 Å². The summed E-state index contributed by atoms with van der Waals surface area (Å²) in [6, 6.07) is 1.83. The molecule has 1 aromatic rings. The Bertz CT molecular complexity index is 384. The number of rotatable bonds is 3. The van der Waals surface area contributed by atoms with Gasteiger partial charge < -0.3 is 10.5 Å². The van der Waals surface area contributed by atoms with Gasteiger partial charge in [0.25, 0.3) is 0 Å². The molecule has 0 radical (unpaired) electrons. The van der Waals surface area contributed by atoms with Crippen LogP contribution in [0.2, 0.25) is 5.02 Å². The van der Waals surface area contributed by atoms with Crippen LogP contribution in [-0.4, -0.2) is 11.1 Å². The van der Waals surface area contributed by atoms with Crippen molar-refractivity contribution in [3.8, 4) is 5.88 Å². The normalized spacial score (nSPS) is 24.6. The van der Waals surface area contributed by atoms with Crippen LogP contribution in [0, 0.1) is 5.92 Å². The van der Waals surface area contributed by atoms with Crippen molar-refractivity contribution in [3.63, 3.8) is 0 Å². The smallest absolute Gasteiger partial charge is 0.232 e. The standard InChI is InChI=1S/C13H19ClN2O/c1-9-3-2-4-11(5-9)17-13-12(14)6-10(7-15)8-16-13/h6,8-9,11H,2-5,7,15H2,1H3. The molecule has 0 aromatic carbocycles. The van der Waals surface area contributed by atoms with E-state index in [-0.39, 0.29) is 6.10 Å². The minimum atomic E-state index is 0.257. The van der Waals surface area contributed by atoms with E-state index in [1.807, 2.05) is 6.07 Å². The monoisotopic (exact) mass is 254 g/mol. The minimum absolute atomic E-state index is 0.257. The van der Waals surface area contributed by atoms with E-state index in [9.17, 15) is 0 Å². The zero-order valence-corrected chi connectivity index (χ0v) is 10.9. The summed E-state index contributed by atoms with van der Waals surface area (Å²) in [4.78, 5) is 4.23. The van der Waals surface area contributed by atoms with Gasteiger partial charge in [-0.2, -0.15) is 0 Å². The lowest BCUT2D eigenvalue weighted by molar-refractivity contribution is 0.124. The Kier molecular flexibility index (Phi) is 4.24. The van der Waals surface area contributed by atoms with Gasteiger partial charge in [-0.05, 0) is 36.8 Å². The molecule has 94 valence electrons. The van der Waals surface area contributed by atoms with Crippen molar-refractivity contribution in [2.45, 2.75) is 45.3 Å². The van der Waals surface area contributed by atoms with Crippen LogP contribution < -0.4 is 10.5 Å². The summed E-state index contributed by atoms with van der Waals surface area (Å²) in [5.41, 5.74) is 6.46. The first-order valence-electron chi connectivity index (χ1n) is 6.20. The highest BCUT2D eigenvalue weighted by molar-refractivity contribution is 6.31. The van der Waals surface area contributed by atoms with Crippen LogP contribution in [0.1, 0.15) is 38.2 Å². The molecule has 0 saturated heterocycles. The Hall–Kier alpha value is -0.800. The number of halogens is 1. The summed E-state index contributed by atoms with van der Waals surface area (Å²) in [7, 11) is 0. The van der Waals surface area contributed by atoms with Crippen LogP contribution in [0.25, 0.3) is 0 Å². The van der Waals surface area contributed by atoms with Gasteiger partial charge in [0.2, 0.25) is 5.88 Å². The Balaban J connectivity index is 2.02. The van der Waals surface area contributed by atoms with Gasteiger partial charge in [0.05, 0.1) is 0 Å². The summed E-state index contributed by atoms with van der Waals surface area (Å²) in [5.74, 6) is 1.28. The average molecular weight is 255 g/mol. The summed E-state index contributed by atoms with van der Waals surface area (Å²) in [5, 5.41) is 0.561. The molecule has 1 aliphatic carbocycles. The molecule has 1 aromatic heterocycles. The number of aromatic nitrogens is 1. The topological polar surface area (TPSA) is 48.1 Å².